The third kappa shape index (κ3) is 4.48. The summed E-state index contributed by atoms with van der Waals surface area (Å²) < 4.78 is 20.2. The highest BCUT2D eigenvalue weighted by molar-refractivity contribution is 6.61. The Morgan fingerprint density at radius 2 is 1.85 bits per heavy atom. The van der Waals surface area contributed by atoms with Crippen molar-refractivity contribution in [1.29, 1.82) is 0 Å². The maximum atomic E-state index is 11.3. The van der Waals surface area contributed by atoms with Crippen LogP contribution in [0.15, 0.2) is 30.3 Å². The lowest BCUT2D eigenvalue weighted by Crippen LogP contribution is -2.36. The van der Waals surface area contributed by atoms with Gasteiger partial charge in [-0.15, -0.1) is 0 Å². The van der Waals surface area contributed by atoms with Crippen LogP contribution in [-0.2, 0) is 23.7 Å². The van der Waals surface area contributed by atoms with Gasteiger partial charge in [-0.3, -0.25) is 0 Å². The molecule has 0 saturated carbocycles. The van der Waals surface area contributed by atoms with Gasteiger partial charge in [-0.2, -0.15) is 0 Å². The van der Waals surface area contributed by atoms with E-state index in [9.17, 15) is 9.59 Å². The fourth-order valence-electron chi connectivity index (χ4n) is 1.69. The molecule has 0 spiro atoms. The molecule has 20 heavy (non-hydrogen) atoms. The summed E-state index contributed by atoms with van der Waals surface area (Å²) in [6.45, 7) is -0.110. The minimum absolute atomic E-state index is 0.208. The Hall–Kier alpha value is -1.63. The van der Waals surface area contributed by atoms with E-state index < -0.39 is 30.4 Å². The van der Waals surface area contributed by atoms with Crippen LogP contribution < -0.4 is 0 Å². The molecule has 0 amide bonds. The quantitative estimate of drug-likeness (QED) is 0.626. The fraction of sp³-hybridized carbons (Fsp3) is 0.385. The van der Waals surface area contributed by atoms with Crippen LogP contribution in [0.2, 0.25) is 0 Å². The molecule has 0 bridgehead atoms. The number of carbonyl (C=O) groups excluding carboxylic acids is 2. The standard InChI is InChI=1S/C13H13ClO6/c14-13(16)19-8-11(15)20-10-6-17-12(18-7-10)9-4-2-1-3-5-9/h1-5,10,12H,6-8H2. The van der Waals surface area contributed by atoms with Crippen molar-refractivity contribution >= 4 is 23.0 Å². The minimum atomic E-state index is -1.05. The van der Waals surface area contributed by atoms with Crippen LogP contribution in [0.5, 0.6) is 0 Å². The molecule has 1 fully saturated rings. The molecule has 108 valence electrons. The van der Waals surface area contributed by atoms with Gasteiger partial charge in [-0.1, -0.05) is 30.3 Å². The molecule has 1 aromatic carbocycles. The zero-order valence-electron chi connectivity index (χ0n) is 10.5. The largest absolute Gasteiger partial charge is 0.455 e. The van der Waals surface area contributed by atoms with Crippen LogP contribution in [-0.4, -0.2) is 37.3 Å². The Morgan fingerprint density at radius 3 is 2.45 bits per heavy atom. The summed E-state index contributed by atoms with van der Waals surface area (Å²) in [4.78, 5) is 21.6. The number of ether oxygens (including phenoxy) is 4. The maximum Gasteiger partial charge on any atom is 0.404 e. The van der Waals surface area contributed by atoms with Crippen LogP contribution in [0.4, 0.5) is 4.79 Å². The molecule has 1 aliphatic rings. The molecule has 2 rings (SSSR count). The first-order valence-corrected chi connectivity index (χ1v) is 6.33. The minimum Gasteiger partial charge on any atom is -0.455 e. The van der Waals surface area contributed by atoms with Crippen molar-refractivity contribution in [3.8, 4) is 0 Å². The summed E-state index contributed by atoms with van der Waals surface area (Å²) in [5.74, 6) is -0.700. The van der Waals surface area contributed by atoms with Crippen molar-refractivity contribution in [3.05, 3.63) is 35.9 Å². The number of rotatable bonds is 4. The van der Waals surface area contributed by atoms with Gasteiger partial charge in [0.25, 0.3) is 0 Å². The number of hydrogen-bond donors (Lipinski definition) is 0. The SMILES string of the molecule is O=C(Cl)OCC(=O)OC1COC(c2ccccc2)OC1. The topological polar surface area (TPSA) is 71.1 Å². The average Bonchev–Trinajstić information content (AvgIpc) is 2.47. The molecule has 0 aliphatic carbocycles. The maximum absolute atomic E-state index is 11.3. The van der Waals surface area contributed by atoms with Gasteiger partial charge in [0.1, 0.15) is 6.10 Å². The number of hydrogen-bond acceptors (Lipinski definition) is 6. The molecule has 0 unspecified atom stereocenters. The van der Waals surface area contributed by atoms with Crippen LogP contribution in [0.25, 0.3) is 0 Å². The summed E-state index contributed by atoms with van der Waals surface area (Å²) in [5.41, 5.74) is -0.157. The lowest BCUT2D eigenvalue weighted by Gasteiger charge is -2.29. The molecule has 1 aromatic rings. The highest BCUT2D eigenvalue weighted by atomic mass is 35.5. The van der Waals surface area contributed by atoms with Gasteiger partial charge in [0.15, 0.2) is 12.9 Å². The van der Waals surface area contributed by atoms with Gasteiger partial charge in [-0.25, -0.2) is 9.59 Å². The number of benzene rings is 1. The van der Waals surface area contributed by atoms with Crippen molar-refractivity contribution in [1.82, 2.24) is 0 Å². The van der Waals surface area contributed by atoms with E-state index in [0.717, 1.165) is 5.56 Å². The second-order valence-corrected chi connectivity index (χ2v) is 4.36. The van der Waals surface area contributed by atoms with Crippen molar-refractivity contribution in [2.75, 3.05) is 19.8 Å². The van der Waals surface area contributed by atoms with Crippen LogP contribution in [0, 0.1) is 0 Å². The van der Waals surface area contributed by atoms with Crippen molar-refractivity contribution in [2.45, 2.75) is 12.4 Å². The van der Waals surface area contributed by atoms with E-state index in [4.69, 9.17) is 25.8 Å². The normalized spacial score (nSPS) is 22.1. The summed E-state index contributed by atoms with van der Waals surface area (Å²) in [7, 11) is 0. The lowest BCUT2D eigenvalue weighted by atomic mass is 10.2. The monoisotopic (exact) mass is 300 g/mol. The molecule has 0 aromatic heterocycles. The zero-order valence-corrected chi connectivity index (χ0v) is 11.2. The van der Waals surface area contributed by atoms with Gasteiger partial charge in [0, 0.05) is 17.2 Å². The Morgan fingerprint density at radius 1 is 1.20 bits per heavy atom. The Bertz CT molecular complexity index is 455. The van der Waals surface area contributed by atoms with Crippen molar-refractivity contribution < 1.29 is 28.5 Å². The second kappa shape index (κ2) is 7.23. The van der Waals surface area contributed by atoms with Crippen molar-refractivity contribution in [2.24, 2.45) is 0 Å². The van der Waals surface area contributed by atoms with Crippen LogP contribution >= 0.6 is 11.6 Å². The molecule has 0 atom stereocenters. The highest BCUT2D eigenvalue weighted by Crippen LogP contribution is 2.23. The molecule has 0 radical (unpaired) electrons. The molecular formula is C13H13ClO6. The summed E-state index contributed by atoms with van der Waals surface area (Å²) in [6, 6.07) is 9.44. The average molecular weight is 301 g/mol. The smallest absolute Gasteiger partial charge is 0.404 e. The second-order valence-electron chi connectivity index (χ2n) is 4.05. The molecule has 1 aliphatic heterocycles. The van der Waals surface area contributed by atoms with Crippen molar-refractivity contribution in [3.63, 3.8) is 0 Å². The molecule has 1 heterocycles. The van der Waals surface area contributed by atoms with E-state index in [0.29, 0.717) is 0 Å². The molecule has 7 heteroatoms. The first-order valence-electron chi connectivity index (χ1n) is 5.95. The van der Waals surface area contributed by atoms with E-state index in [2.05, 4.69) is 4.74 Å². The van der Waals surface area contributed by atoms with E-state index in [1.807, 2.05) is 30.3 Å². The summed E-state index contributed by atoms with van der Waals surface area (Å²) >= 11 is 4.93. The Labute approximate surface area is 120 Å². The van der Waals surface area contributed by atoms with Gasteiger partial charge in [0.05, 0.1) is 13.2 Å². The van der Waals surface area contributed by atoms with Gasteiger partial charge >= 0.3 is 11.4 Å². The van der Waals surface area contributed by atoms with E-state index in [-0.39, 0.29) is 13.2 Å². The lowest BCUT2D eigenvalue weighted by molar-refractivity contribution is -0.230. The van der Waals surface area contributed by atoms with Crippen LogP contribution in [0.1, 0.15) is 11.9 Å². The predicted octanol–water partition coefficient (Wildman–Crippen LogP) is 2.02. The van der Waals surface area contributed by atoms with Gasteiger partial charge in [-0.05, 0) is 0 Å². The van der Waals surface area contributed by atoms with E-state index in [1.54, 1.807) is 0 Å². The number of halogens is 1. The third-order valence-electron chi connectivity index (χ3n) is 2.54. The Kier molecular flexibility index (Phi) is 5.34. The highest BCUT2D eigenvalue weighted by Gasteiger charge is 2.26. The van der Waals surface area contributed by atoms with Crippen LogP contribution in [0.3, 0.4) is 0 Å². The van der Waals surface area contributed by atoms with Gasteiger partial charge in [0.2, 0.25) is 0 Å². The summed E-state index contributed by atoms with van der Waals surface area (Å²) in [5, 5.41) is 0. The zero-order chi connectivity index (χ0) is 14.4. The molecule has 6 nitrogen and oxygen atoms in total. The number of carbonyl (C=O) groups is 2. The first-order chi connectivity index (χ1) is 9.65. The molecular weight excluding hydrogens is 288 g/mol. The first kappa shape index (κ1) is 14.8. The summed E-state index contributed by atoms with van der Waals surface area (Å²) in [6.07, 6.45) is -0.997. The third-order valence-corrected chi connectivity index (χ3v) is 2.65. The van der Waals surface area contributed by atoms with E-state index in [1.165, 1.54) is 0 Å². The number of esters is 1. The molecule has 0 N–H and O–H groups in total. The van der Waals surface area contributed by atoms with E-state index >= 15 is 0 Å². The Balaban J connectivity index is 1.74. The molecule has 1 saturated heterocycles. The predicted molar refractivity (Wildman–Crippen MR) is 68.2 cm³/mol. The van der Waals surface area contributed by atoms with Gasteiger partial charge < -0.3 is 18.9 Å². The fourth-order valence-corrected chi connectivity index (χ4v) is 1.75.